The van der Waals surface area contributed by atoms with Crippen LogP contribution in [0.25, 0.3) is 0 Å². The Morgan fingerprint density at radius 2 is 2.13 bits per heavy atom. The molecule has 80 valence electrons. The van der Waals surface area contributed by atoms with E-state index in [1.165, 1.54) is 11.1 Å². The summed E-state index contributed by atoms with van der Waals surface area (Å²) in [6.45, 7) is 9.95. The molecule has 1 aromatic carbocycles. The molecule has 0 aliphatic rings. The van der Waals surface area contributed by atoms with Gasteiger partial charge in [0.25, 0.3) is 0 Å². The lowest BCUT2D eigenvalue weighted by Gasteiger charge is -2.11. The second kappa shape index (κ2) is 4.92. The molecule has 0 saturated carbocycles. The van der Waals surface area contributed by atoms with Gasteiger partial charge < -0.3 is 0 Å². The van der Waals surface area contributed by atoms with E-state index in [-0.39, 0.29) is 5.78 Å². The van der Waals surface area contributed by atoms with Gasteiger partial charge in [-0.3, -0.25) is 4.79 Å². The molecule has 1 heteroatoms. The second-order valence-electron chi connectivity index (χ2n) is 4.14. The molecule has 0 aromatic heterocycles. The van der Waals surface area contributed by atoms with Gasteiger partial charge in [-0.25, -0.2) is 0 Å². The fraction of sp³-hybridized carbons (Fsp3) is 0.357. The minimum atomic E-state index is 0.145. The van der Waals surface area contributed by atoms with Crippen LogP contribution in [0.3, 0.4) is 0 Å². The third-order valence-corrected chi connectivity index (χ3v) is 2.55. The number of hydrogen-bond acceptors (Lipinski definition) is 1. The van der Waals surface area contributed by atoms with Gasteiger partial charge in [0.15, 0.2) is 5.78 Å². The maximum Gasteiger partial charge on any atom is 0.166 e. The number of carbonyl (C=O) groups excluding carboxylic acids is 1. The smallest absolute Gasteiger partial charge is 0.166 e. The van der Waals surface area contributed by atoms with Gasteiger partial charge in [0.1, 0.15) is 0 Å². The monoisotopic (exact) mass is 202 g/mol. The van der Waals surface area contributed by atoms with Crippen molar-refractivity contribution in [3.63, 3.8) is 0 Å². The Hall–Kier alpha value is -1.37. The lowest BCUT2D eigenvalue weighted by atomic mass is 9.94. The summed E-state index contributed by atoms with van der Waals surface area (Å²) in [5, 5.41) is 0. The third-order valence-electron chi connectivity index (χ3n) is 2.55. The third kappa shape index (κ3) is 2.79. The highest BCUT2D eigenvalue weighted by Gasteiger charge is 2.08. The zero-order valence-electron chi connectivity index (χ0n) is 9.71. The largest absolute Gasteiger partial charge is 0.294 e. The van der Waals surface area contributed by atoms with E-state index >= 15 is 0 Å². The predicted molar refractivity (Wildman–Crippen MR) is 64.4 cm³/mol. The summed E-state index contributed by atoms with van der Waals surface area (Å²) in [5.74, 6) is 0.605. The number of hydrogen-bond donors (Lipinski definition) is 0. The first-order valence-electron chi connectivity index (χ1n) is 5.31. The molecule has 0 unspecified atom stereocenters. The molecule has 0 aliphatic carbocycles. The summed E-state index contributed by atoms with van der Waals surface area (Å²) in [7, 11) is 0. The molecular formula is C14H18O. The zero-order valence-corrected chi connectivity index (χ0v) is 9.71. The molecule has 1 rings (SSSR count). The van der Waals surface area contributed by atoms with Crippen LogP contribution < -0.4 is 0 Å². The molecule has 0 fully saturated rings. The fourth-order valence-corrected chi connectivity index (χ4v) is 1.68. The van der Waals surface area contributed by atoms with Crippen molar-refractivity contribution < 1.29 is 4.79 Å². The normalized spacial score (nSPS) is 10.4. The van der Waals surface area contributed by atoms with E-state index in [2.05, 4.69) is 27.4 Å². The highest BCUT2D eigenvalue weighted by Crippen LogP contribution is 2.21. The Balaban J connectivity index is 3.07. The van der Waals surface area contributed by atoms with Crippen LogP contribution in [0.2, 0.25) is 0 Å². The van der Waals surface area contributed by atoms with E-state index in [9.17, 15) is 4.79 Å². The lowest BCUT2D eigenvalue weighted by molar-refractivity contribution is 0.0996. The van der Waals surface area contributed by atoms with Gasteiger partial charge in [0.05, 0.1) is 0 Å². The summed E-state index contributed by atoms with van der Waals surface area (Å²) >= 11 is 0. The first-order valence-corrected chi connectivity index (χ1v) is 5.31. The second-order valence-corrected chi connectivity index (χ2v) is 4.14. The fourth-order valence-electron chi connectivity index (χ4n) is 1.68. The van der Waals surface area contributed by atoms with E-state index in [1.807, 2.05) is 18.2 Å². The number of Topliss-reactive ketones (excluding diaryl/α,β-unsaturated/α-hetero) is 1. The molecule has 0 amide bonds. The first-order chi connectivity index (χ1) is 7.06. The SMILES string of the molecule is C=CCC(=O)c1ccc(C)c(C(C)C)c1. The lowest BCUT2D eigenvalue weighted by Crippen LogP contribution is -2.00. The Morgan fingerprint density at radius 1 is 1.47 bits per heavy atom. The molecule has 0 saturated heterocycles. The van der Waals surface area contributed by atoms with Crippen molar-refractivity contribution in [2.24, 2.45) is 0 Å². The minimum absolute atomic E-state index is 0.145. The zero-order chi connectivity index (χ0) is 11.4. The predicted octanol–water partition coefficient (Wildman–Crippen LogP) is 3.88. The van der Waals surface area contributed by atoms with Gasteiger partial charge in [0.2, 0.25) is 0 Å². The summed E-state index contributed by atoms with van der Waals surface area (Å²) in [5.41, 5.74) is 3.30. The number of rotatable bonds is 4. The summed E-state index contributed by atoms with van der Waals surface area (Å²) in [4.78, 5) is 11.7. The number of carbonyl (C=O) groups is 1. The van der Waals surface area contributed by atoms with Crippen molar-refractivity contribution in [2.75, 3.05) is 0 Å². The summed E-state index contributed by atoms with van der Waals surface area (Å²) in [6.07, 6.45) is 2.07. The molecule has 0 spiro atoms. The van der Waals surface area contributed by atoms with Crippen LogP contribution in [0, 0.1) is 6.92 Å². The molecule has 0 N–H and O–H groups in total. The van der Waals surface area contributed by atoms with Crippen LogP contribution in [-0.4, -0.2) is 5.78 Å². The molecular weight excluding hydrogens is 184 g/mol. The number of allylic oxidation sites excluding steroid dienone is 1. The standard InChI is InChI=1S/C14H18O/c1-5-6-14(15)12-8-7-11(4)13(9-12)10(2)3/h5,7-10H,1,6H2,2-4H3. The van der Waals surface area contributed by atoms with Crippen molar-refractivity contribution in [3.05, 3.63) is 47.5 Å². The van der Waals surface area contributed by atoms with Crippen molar-refractivity contribution in [2.45, 2.75) is 33.1 Å². The van der Waals surface area contributed by atoms with Crippen LogP contribution in [0.5, 0.6) is 0 Å². The van der Waals surface area contributed by atoms with Gasteiger partial charge in [-0.15, -0.1) is 6.58 Å². The highest BCUT2D eigenvalue weighted by atomic mass is 16.1. The van der Waals surface area contributed by atoms with Crippen LogP contribution in [-0.2, 0) is 0 Å². The molecule has 1 aromatic rings. The van der Waals surface area contributed by atoms with Crippen LogP contribution >= 0.6 is 0 Å². The quantitative estimate of drug-likeness (QED) is 0.535. The first kappa shape index (κ1) is 11.7. The Morgan fingerprint density at radius 3 is 2.67 bits per heavy atom. The van der Waals surface area contributed by atoms with Crippen molar-refractivity contribution in [1.82, 2.24) is 0 Å². The summed E-state index contributed by atoms with van der Waals surface area (Å²) in [6, 6.07) is 5.92. The van der Waals surface area contributed by atoms with Gasteiger partial charge in [-0.1, -0.05) is 32.1 Å². The molecule has 0 heterocycles. The van der Waals surface area contributed by atoms with E-state index in [0.29, 0.717) is 12.3 Å². The maximum absolute atomic E-state index is 11.7. The van der Waals surface area contributed by atoms with E-state index in [1.54, 1.807) is 6.08 Å². The number of benzene rings is 1. The van der Waals surface area contributed by atoms with E-state index < -0.39 is 0 Å². The molecule has 0 radical (unpaired) electrons. The Labute approximate surface area is 91.8 Å². The average molecular weight is 202 g/mol. The molecule has 1 nitrogen and oxygen atoms in total. The molecule has 0 aliphatic heterocycles. The van der Waals surface area contributed by atoms with Crippen molar-refractivity contribution in [1.29, 1.82) is 0 Å². The van der Waals surface area contributed by atoms with Crippen molar-refractivity contribution in [3.8, 4) is 0 Å². The number of aryl methyl sites for hydroxylation is 1. The number of ketones is 1. The average Bonchev–Trinajstić information content (AvgIpc) is 2.18. The van der Waals surface area contributed by atoms with Gasteiger partial charge in [-0.2, -0.15) is 0 Å². The summed E-state index contributed by atoms with van der Waals surface area (Å²) < 4.78 is 0. The Kier molecular flexibility index (Phi) is 3.84. The maximum atomic E-state index is 11.7. The van der Waals surface area contributed by atoms with E-state index in [0.717, 1.165) is 5.56 Å². The minimum Gasteiger partial charge on any atom is -0.294 e. The van der Waals surface area contributed by atoms with Gasteiger partial charge in [-0.05, 0) is 30.0 Å². The Bertz CT molecular complexity index is 375. The van der Waals surface area contributed by atoms with Gasteiger partial charge >= 0.3 is 0 Å². The van der Waals surface area contributed by atoms with Crippen molar-refractivity contribution >= 4 is 5.78 Å². The highest BCUT2D eigenvalue weighted by molar-refractivity contribution is 5.97. The molecule has 0 bridgehead atoms. The van der Waals surface area contributed by atoms with E-state index in [4.69, 9.17) is 0 Å². The topological polar surface area (TPSA) is 17.1 Å². The van der Waals surface area contributed by atoms with Crippen LogP contribution in [0.1, 0.15) is 47.7 Å². The van der Waals surface area contributed by atoms with Gasteiger partial charge in [0, 0.05) is 12.0 Å². The molecule has 0 atom stereocenters. The van der Waals surface area contributed by atoms with Crippen LogP contribution in [0.4, 0.5) is 0 Å². The van der Waals surface area contributed by atoms with Crippen LogP contribution in [0.15, 0.2) is 30.9 Å². The molecule has 15 heavy (non-hydrogen) atoms.